The van der Waals surface area contributed by atoms with Gasteiger partial charge in [-0.2, -0.15) is 0 Å². The minimum Gasteiger partial charge on any atom is -0.373 e. The molecule has 3 nitrogen and oxygen atoms in total. The number of rotatable bonds is 3. The van der Waals surface area contributed by atoms with Gasteiger partial charge in [-0.25, -0.2) is 13.2 Å². The van der Waals surface area contributed by atoms with Crippen LogP contribution in [0.3, 0.4) is 0 Å². The topological polar surface area (TPSA) is 38.5 Å². The summed E-state index contributed by atoms with van der Waals surface area (Å²) in [5.41, 5.74) is 5.81. The van der Waals surface area contributed by atoms with Crippen LogP contribution in [0.15, 0.2) is 12.1 Å². The molecular formula is C14H19F3N2O. The molecule has 1 aromatic rings. The lowest BCUT2D eigenvalue weighted by molar-refractivity contribution is -0.0802. The van der Waals surface area contributed by atoms with Gasteiger partial charge in [0.15, 0.2) is 11.6 Å². The van der Waals surface area contributed by atoms with Gasteiger partial charge >= 0.3 is 0 Å². The molecule has 112 valence electrons. The van der Waals surface area contributed by atoms with Crippen molar-refractivity contribution >= 4 is 0 Å². The quantitative estimate of drug-likeness (QED) is 0.867. The summed E-state index contributed by atoms with van der Waals surface area (Å²) in [4.78, 5) is 1.95. The lowest BCUT2D eigenvalue weighted by atomic mass is 10.0. The van der Waals surface area contributed by atoms with Crippen molar-refractivity contribution in [3.8, 4) is 0 Å². The van der Waals surface area contributed by atoms with E-state index >= 15 is 0 Å². The Bertz CT molecular complexity index is 474. The van der Waals surface area contributed by atoms with Gasteiger partial charge in [0.1, 0.15) is 5.82 Å². The Balaban J connectivity index is 2.30. The summed E-state index contributed by atoms with van der Waals surface area (Å²) in [6.07, 6.45) is -0.0256. The molecule has 0 saturated carbocycles. The van der Waals surface area contributed by atoms with E-state index in [0.29, 0.717) is 19.2 Å². The molecule has 3 atom stereocenters. The van der Waals surface area contributed by atoms with Crippen LogP contribution in [0.25, 0.3) is 0 Å². The number of nitrogens with zero attached hydrogens (tertiary/aromatic N) is 1. The predicted octanol–water partition coefficient (Wildman–Crippen LogP) is 2.21. The lowest BCUT2D eigenvalue weighted by Crippen LogP contribution is -2.48. The van der Waals surface area contributed by atoms with Crippen LogP contribution >= 0.6 is 0 Å². The zero-order chi connectivity index (χ0) is 14.9. The molecule has 0 spiro atoms. The third-order valence-corrected chi connectivity index (χ3v) is 3.51. The van der Waals surface area contributed by atoms with Gasteiger partial charge in [0, 0.05) is 31.3 Å². The summed E-state index contributed by atoms with van der Waals surface area (Å²) in [5, 5.41) is 0. The number of morpholine rings is 1. The van der Waals surface area contributed by atoms with Crippen LogP contribution in [-0.2, 0) is 4.74 Å². The Morgan fingerprint density at radius 1 is 1.15 bits per heavy atom. The van der Waals surface area contributed by atoms with Gasteiger partial charge in [0.2, 0.25) is 0 Å². The Morgan fingerprint density at radius 3 is 2.25 bits per heavy atom. The fourth-order valence-corrected chi connectivity index (χ4v) is 2.74. The molecule has 1 aliphatic rings. The van der Waals surface area contributed by atoms with Gasteiger partial charge in [-0.05, 0) is 19.9 Å². The molecule has 0 bridgehead atoms. The van der Waals surface area contributed by atoms with Gasteiger partial charge < -0.3 is 10.5 Å². The van der Waals surface area contributed by atoms with Crippen molar-refractivity contribution in [2.24, 2.45) is 5.73 Å². The van der Waals surface area contributed by atoms with Crippen LogP contribution in [0.4, 0.5) is 13.2 Å². The molecule has 0 aromatic heterocycles. The lowest BCUT2D eigenvalue weighted by Gasteiger charge is -2.40. The van der Waals surface area contributed by atoms with Crippen LogP contribution in [-0.4, -0.2) is 36.7 Å². The maximum Gasteiger partial charge on any atom is 0.161 e. The molecule has 1 unspecified atom stereocenters. The van der Waals surface area contributed by atoms with E-state index in [2.05, 4.69) is 0 Å². The second-order valence-electron chi connectivity index (χ2n) is 5.25. The van der Waals surface area contributed by atoms with E-state index in [1.54, 1.807) is 0 Å². The van der Waals surface area contributed by atoms with Crippen molar-refractivity contribution in [1.29, 1.82) is 0 Å². The third-order valence-electron chi connectivity index (χ3n) is 3.51. The first kappa shape index (κ1) is 15.3. The van der Waals surface area contributed by atoms with E-state index in [0.717, 1.165) is 6.07 Å². The molecule has 1 saturated heterocycles. The number of ether oxygens (including phenoxy) is 1. The first-order valence-corrected chi connectivity index (χ1v) is 6.66. The average molecular weight is 288 g/mol. The first-order chi connectivity index (χ1) is 9.42. The number of benzene rings is 1. The number of nitrogens with two attached hydrogens (primary N) is 1. The molecule has 2 rings (SSSR count). The van der Waals surface area contributed by atoms with Gasteiger partial charge in [0.05, 0.1) is 18.2 Å². The standard InChI is InChI=1S/C14H19F3N2O/c1-8-6-19(7-9(2)20-8)14(5-18)10-3-12(16)13(17)4-11(10)15/h3-4,8-9,14H,5-7,18H2,1-2H3/t8-,9+,14?. The summed E-state index contributed by atoms with van der Waals surface area (Å²) < 4.78 is 45.9. The smallest absolute Gasteiger partial charge is 0.161 e. The predicted molar refractivity (Wildman–Crippen MR) is 69.7 cm³/mol. The monoisotopic (exact) mass is 288 g/mol. The van der Waals surface area contributed by atoms with Crippen molar-refractivity contribution in [2.45, 2.75) is 32.1 Å². The second-order valence-corrected chi connectivity index (χ2v) is 5.25. The molecular weight excluding hydrogens is 269 g/mol. The normalized spacial score (nSPS) is 25.7. The first-order valence-electron chi connectivity index (χ1n) is 6.66. The highest BCUT2D eigenvalue weighted by molar-refractivity contribution is 5.24. The van der Waals surface area contributed by atoms with Crippen molar-refractivity contribution in [3.63, 3.8) is 0 Å². The fourth-order valence-electron chi connectivity index (χ4n) is 2.74. The van der Waals surface area contributed by atoms with E-state index in [4.69, 9.17) is 10.5 Å². The maximum atomic E-state index is 13.9. The summed E-state index contributed by atoms with van der Waals surface area (Å²) in [5.74, 6) is -3.02. The maximum absolute atomic E-state index is 13.9. The zero-order valence-corrected chi connectivity index (χ0v) is 11.6. The van der Waals surface area contributed by atoms with Crippen molar-refractivity contribution < 1.29 is 17.9 Å². The average Bonchev–Trinajstić information content (AvgIpc) is 2.35. The SMILES string of the molecule is C[C@@H]1CN(C(CN)c2cc(F)c(F)cc2F)C[C@H](C)O1. The summed E-state index contributed by atoms with van der Waals surface area (Å²) >= 11 is 0. The minimum atomic E-state index is -1.19. The fraction of sp³-hybridized carbons (Fsp3) is 0.571. The van der Waals surface area contributed by atoms with Crippen LogP contribution in [0, 0.1) is 17.5 Å². The largest absolute Gasteiger partial charge is 0.373 e. The molecule has 2 N–H and O–H groups in total. The highest BCUT2D eigenvalue weighted by atomic mass is 19.2. The van der Waals surface area contributed by atoms with Gasteiger partial charge in [-0.1, -0.05) is 0 Å². The Labute approximate surface area is 116 Å². The summed E-state index contributed by atoms with van der Waals surface area (Å²) in [7, 11) is 0. The zero-order valence-electron chi connectivity index (χ0n) is 11.6. The molecule has 0 amide bonds. The van der Waals surface area contributed by atoms with E-state index < -0.39 is 23.5 Å². The van der Waals surface area contributed by atoms with E-state index in [1.165, 1.54) is 0 Å². The van der Waals surface area contributed by atoms with Crippen LogP contribution < -0.4 is 5.73 Å². The van der Waals surface area contributed by atoms with E-state index in [1.807, 2.05) is 18.7 Å². The van der Waals surface area contributed by atoms with Crippen LogP contribution in [0.5, 0.6) is 0 Å². The Morgan fingerprint density at radius 2 is 1.70 bits per heavy atom. The van der Waals surface area contributed by atoms with Crippen molar-refractivity contribution in [1.82, 2.24) is 4.90 Å². The third kappa shape index (κ3) is 3.13. The number of hydrogen-bond acceptors (Lipinski definition) is 3. The van der Waals surface area contributed by atoms with Gasteiger partial charge in [-0.3, -0.25) is 4.90 Å². The molecule has 20 heavy (non-hydrogen) atoms. The van der Waals surface area contributed by atoms with Gasteiger partial charge in [-0.15, -0.1) is 0 Å². The highest BCUT2D eigenvalue weighted by Gasteiger charge is 2.30. The molecule has 6 heteroatoms. The Kier molecular flexibility index (Phi) is 4.67. The molecule has 1 heterocycles. The molecule has 1 aromatic carbocycles. The van der Waals surface area contributed by atoms with Crippen molar-refractivity contribution in [2.75, 3.05) is 19.6 Å². The Hall–Kier alpha value is -1.11. The number of hydrogen-bond donors (Lipinski definition) is 1. The van der Waals surface area contributed by atoms with Crippen LogP contribution in [0.1, 0.15) is 25.5 Å². The van der Waals surface area contributed by atoms with E-state index in [9.17, 15) is 13.2 Å². The van der Waals surface area contributed by atoms with Crippen molar-refractivity contribution in [3.05, 3.63) is 35.1 Å². The molecule has 0 radical (unpaired) electrons. The second kappa shape index (κ2) is 6.11. The molecule has 0 aliphatic carbocycles. The van der Waals surface area contributed by atoms with Crippen LogP contribution in [0.2, 0.25) is 0 Å². The highest BCUT2D eigenvalue weighted by Crippen LogP contribution is 2.27. The number of halogens is 3. The molecule has 1 fully saturated rings. The van der Waals surface area contributed by atoms with Gasteiger partial charge in [0.25, 0.3) is 0 Å². The molecule has 1 aliphatic heterocycles. The van der Waals surface area contributed by atoms with E-state index in [-0.39, 0.29) is 24.3 Å². The minimum absolute atomic E-state index is 0.0128. The summed E-state index contributed by atoms with van der Waals surface area (Å²) in [6.45, 7) is 5.10. The summed E-state index contributed by atoms with van der Waals surface area (Å²) in [6, 6.07) is 0.979.